The predicted molar refractivity (Wildman–Crippen MR) is 78.9 cm³/mol. The fourth-order valence-electron chi connectivity index (χ4n) is 1.62. The first-order chi connectivity index (χ1) is 9.92. The van der Waals surface area contributed by atoms with Gasteiger partial charge in [0.25, 0.3) is 10.0 Å². The molecule has 0 radical (unpaired) electrons. The maximum atomic E-state index is 13.5. The smallest absolute Gasteiger partial charge is 0.271 e. The van der Waals surface area contributed by atoms with Crippen LogP contribution in [0.25, 0.3) is 0 Å². The predicted octanol–water partition coefficient (Wildman–Crippen LogP) is 2.94. The average Bonchev–Trinajstić information content (AvgIpc) is 2.90. The first-order valence-electron chi connectivity index (χ1n) is 6.19. The first-order valence-corrected chi connectivity index (χ1v) is 8.49. The molecule has 0 aliphatic rings. The summed E-state index contributed by atoms with van der Waals surface area (Å²) >= 11 is 1.08. The second-order valence-corrected chi connectivity index (χ2v) is 7.31. The van der Waals surface area contributed by atoms with E-state index >= 15 is 0 Å². The van der Waals surface area contributed by atoms with Crippen molar-refractivity contribution in [2.75, 3.05) is 11.3 Å². The van der Waals surface area contributed by atoms with E-state index in [1.807, 2.05) is 6.92 Å². The van der Waals surface area contributed by atoms with Crippen molar-refractivity contribution in [3.8, 4) is 0 Å². The van der Waals surface area contributed by atoms with E-state index in [9.17, 15) is 17.2 Å². The van der Waals surface area contributed by atoms with Crippen molar-refractivity contribution in [1.29, 1.82) is 0 Å². The van der Waals surface area contributed by atoms with Crippen molar-refractivity contribution in [2.24, 2.45) is 0 Å². The summed E-state index contributed by atoms with van der Waals surface area (Å²) in [4.78, 5) is 0.844. The van der Waals surface area contributed by atoms with Gasteiger partial charge in [-0.3, -0.25) is 4.72 Å². The minimum Gasteiger partial charge on any atom is -0.312 e. The highest BCUT2D eigenvalue weighted by atomic mass is 32.2. The van der Waals surface area contributed by atoms with E-state index in [1.54, 1.807) is 6.07 Å². The number of hydrogen-bond donors (Lipinski definition) is 2. The first kappa shape index (κ1) is 15.9. The number of sulfonamides is 1. The molecule has 1 heterocycles. The van der Waals surface area contributed by atoms with Gasteiger partial charge in [-0.25, -0.2) is 17.2 Å². The fraction of sp³-hybridized carbons (Fsp3) is 0.231. The van der Waals surface area contributed by atoms with Crippen LogP contribution in [0.1, 0.15) is 11.8 Å². The molecule has 0 bridgehead atoms. The molecule has 4 nitrogen and oxygen atoms in total. The molecule has 2 rings (SSSR count). The number of rotatable bonds is 6. The lowest BCUT2D eigenvalue weighted by Gasteiger charge is -2.07. The van der Waals surface area contributed by atoms with Crippen LogP contribution in [0.3, 0.4) is 0 Å². The summed E-state index contributed by atoms with van der Waals surface area (Å²) in [6.07, 6.45) is 0. The van der Waals surface area contributed by atoms with Crippen LogP contribution < -0.4 is 10.0 Å². The average molecular weight is 332 g/mol. The van der Waals surface area contributed by atoms with Gasteiger partial charge in [0.2, 0.25) is 0 Å². The van der Waals surface area contributed by atoms with Gasteiger partial charge in [0.15, 0.2) is 0 Å². The quantitative estimate of drug-likeness (QED) is 0.855. The van der Waals surface area contributed by atoms with Crippen LogP contribution in [-0.2, 0) is 16.6 Å². The third-order valence-corrected chi connectivity index (χ3v) is 5.57. The molecule has 8 heteroatoms. The lowest BCUT2D eigenvalue weighted by molar-refractivity contribution is 0.595. The Morgan fingerprint density at radius 1 is 1.19 bits per heavy atom. The second-order valence-electron chi connectivity index (χ2n) is 4.23. The number of halogens is 2. The van der Waals surface area contributed by atoms with Gasteiger partial charge in [-0.15, -0.1) is 11.3 Å². The number of thiophene rings is 1. The Balaban J connectivity index is 2.22. The van der Waals surface area contributed by atoms with Gasteiger partial charge < -0.3 is 5.32 Å². The van der Waals surface area contributed by atoms with Gasteiger partial charge >= 0.3 is 0 Å². The van der Waals surface area contributed by atoms with Crippen LogP contribution >= 0.6 is 11.3 Å². The maximum Gasteiger partial charge on any atom is 0.271 e. The van der Waals surface area contributed by atoms with Crippen LogP contribution in [0.5, 0.6) is 0 Å². The topological polar surface area (TPSA) is 58.2 Å². The van der Waals surface area contributed by atoms with Gasteiger partial charge in [0.1, 0.15) is 15.8 Å². The third kappa shape index (κ3) is 3.99. The maximum absolute atomic E-state index is 13.5. The fourth-order valence-corrected chi connectivity index (χ4v) is 4.00. The molecule has 1 aromatic carbocycles. The summed E-state index contributed by atoms with van der Waals surface area (Å²) in [7, 11) is -3.92. The highest BCUT2D eigenvalue weighted by Gasteiger charge is 2.19. The van der Waals surface area contributed by atoms with Crippen LogP contribution in [0, 0.1) is 11.6 Å². The van der Waals surface area contributed by atoms with Crippen molar-refractivity contribution in [2.45, 2.75) is 17.7 Å². The van der Waals surface area contributed by atoms with Crippen molar-refractivity contribution >= 4 is 27.0 Å². The monoisotopic (exact) mass is 332 g/mol. The Morgan fingerprint density at radius 3 is 2.67 bits per heavy atom. The van der Waals surface area contributed by atoms with Gasteiger partial charge in [-0.1, -0.05) is 6.92 Å². The molecule has 21 heavy (non-hydrogen) atoms. The Labute approximate surface area is 125 Å². The van der Waals surface area contributed by atoms with E-state index in [4.69, 9.17) is 0 Å². The third-order valence-electron chi connectivity index (χ3n) is 2.62. The normalized spacial score (nSPS) is 11.6. The minimum absolute atomic E-state index is 0.0547. The number of benzene rings is 1. The van der Waals surface area contributed by atoms with E-state index in [2.05, 4.69) is 10.0 Å². The lowest BCUT2D eigenvalue weighted by atomic mass is 10.3. The summed E-state index contributed by atoms with van der Waals surface area (Å²) in [6.45, 7) is 3.28. The molecule has 1 aromatic heterocycles. The molecule has 0 unspecified atom stereocenters. The van der Waals surface area contributed by atoms with Crippen molar-refractivity contribution in [3.05, 3.63) is 46.8 Å². The highest BCUT2D eigenvalue weighted by molar-refractivity contribution is 7.94. The Morgan fingerprint density at radius 2 is 1.95 bits per heavy atom. The van der Waals surface area contributed by atoms with Crippen molar-refractivity contribution < 1.29 is 17.2 Å². The Bertz CT molecular complexity index is 730. The molecule has 0 spiro atoms. The zero-order chi connectivity index (χ0) is 15.5. The molecule has 0 aliphatic carbocycles. The van der Waals surface area contributed by atoms with Gasteiger partial charge in [0.05, 0.1) is 5.69 Å². The summed E-state index contributed by atoms with van der Waals surface area (Å²) in [5.74, 6) is -1.54. The van der Waals surface area contributed by atoms with Gasteiger partial charge in [-0.2, -0.15) is 0 Å². The van der Waals surface area contributed by atoms with Crippen LogP contribution in [0.2, 0.25) is 0 Å². The van der Waals surface area contributed by atoms with Crippen molar-refractivity contribution in [1.82, 2.24) is 5.32 Å². The molecule has 0 atom stereocenters. The van der Waals surface area contributed by atoms with Crippen LogP contribution in [0.4, 0.5) is 14.5 Å². The number of anilines is 1. The summed E-state index contributed by atoms with van der Waals surface area (Å²) in [6, 6.07) is 5.73. The lowest BCUT2D eigenvalue weighted by Crippen LogP contribution is -2.13. The number of nitrogens with one attached hydrogen (secondary N) is 2. The minimum atomic E-state index is -3.92. The highest BCUT2D eigenvalue weighted by Crippen LogP contribution is 2.25. The Kier molecular flexibility index (Phi) is 4.92. The van der Waals surface area contributed by atoms with E-state index in [1.165, 1.54) is 6.07 Å². The molecule has 0 fully saturated rings. The standard InChI is InChI=1S/C13H14F2N2O2S2/c1-2-16-8-10-4-6-13(20-10)21(18,19)17-12-7-9(14)3-5-11(12)15/h3-7,16-17H,2,8H2,1H3. The molecule has 0 aliphatic heterocycles. The molecule has 2 aromatic rings. The Hall–Kier alpha value is -1.51. The van der Waals surface area contributed by atoms with E-state index in [0.717, 1.165) is 41.0 Å². The van der Waals surface area contributed by atoms with Gasteiger partial charge in [-0.05, 0) is 30.8 Å². The molecular weight excluding hydrogens is 318 g/mol. The summed E-state index contributed by atoms with van der Waals surface area (Å²) in [5, 5.41) is 3.08. The zero-order valence-electron chi connectivity index (χ0n) is 11.2. The molecule has 2 N–H and O–H groups in total. The SMILES string of the molecule is CCNCc1ccc(S(=O)(=O)Nc2cc(F)ccc2F)s1. The van der Waals surface area contributed by atoms with Gasteiger partial charge in [0, 0.05) is 17.5 Å². The van der Waals surface area contributed by atoms with Crippen LogP contribution in [0.15, 0.2) is 34.5 Å². The number of hydrogen-bond acceptors (Lipinski definition) is 4. The molecule has 0 saturated carbocycles. The van der Waals surface area contributed by atoms with Crippen molar-refractivity contribution in [3.63, 3.8) is 0 Å². The second kappa shape index (κ2) is 6.50. The molecule has 0 amide bonds. The summed E-state index contributed by atoms with van der Waals surface area (Å²) < 4.78 is 52.9. The largest absolute Gasteiger partial charge is 0.312 e. The molecule has 114 valence electrons. The molecule has 0 saturated heterocycles. The zero-order valence-corrected chi connectivity index (χ0v) is 12.8. The van der Waals surface area contributed by atoms with E-state index < -0.39 is 27.3 Å². The van der Waals surface area contributed by atoms with E-state index in [-0.39, 0.29) is 4.21 Å². The molecular formula is C13H14F2N2O2S2. The van der Waals surface area contributed by atoms with Crippen LogP contribution in [-0.4, -0.2) is 15.0 Å². The van der Waals surface area contributed by atoms with E-state index in [0.29, 0.717) is 6.54 Å². The summed E-state index contributed by atoms with van der Waals surface area (Å²) in [5.41, 5.74) is -0.406.